The van der Waals surface area contributed by atoms with Gasteiger partial charge in [-0.25, -0.2) is 0 Å². The summed E-state index contributed by atoms with van der Waals surface area (Å²) in [5, 5.41) is 2.89. The second-order valence-electron chi connectivity index (χ2n) is 5.73. The van der Waals surface area contributed by atoms with E-state index in [2.05, 4.69) is 28.4 Å². The van der Waals surface area contributed by atoms with Gasteiger partial charge in [-0.1, -0.05) is 24.3 Å². The van der Waals surface area contributed by atoms with Crippen molar-refractivity contribution in [3.05, 3.63) is 53.6 Å². The van der Waals surface area contributed by atoms with Crippen LogP contribution in [0.2, 0.25) is 0 Å². The number of anilines is 2. The average molecular weight is 311 g/mol. The van der Waals surface area contributed by atoms with Gasteiger partial charge in [-0.05, 0) is 35.7 Å². The zero-order valence-corrected chi connectivity index (χ0v) is 13.2. The van der Waals surface area contributed by atoms with Crippen LogP contribution in [0.5, 0.6) is 5.75 Å². The topological polar surface area (TPSA) is 67.6 Å². The molecular weight excluding hydrogens is 290 g/mol. The van der Waals surface area contributed by atoms with Crippen molar-refractivity contribution in [1.29, 1.82) is 0 Å². The van der Waals surface area contributed by atoms with Crippen LogP contribution in [0.3, 0.4) is 0 Å². The molecule has 0 atom stereocenters. The van der Waals surface area contributed by atoms with Crippen molar-refractivity contribution >= 4 is 17.3 Å². The Morgan fingerprint density at radius 1 is 1.26 bits per heavy atom. The minimum atomic E-state index is -0.0334. The van der Waals surface area contributed by atoms with Gasteiger partial charge in [0.15, 0.2) is 0 Å². The van der Waals surface area contributed by atoms with Gasteiger partial charge in [0.1, 0.15) is 5.75 Å². The van der Waals surface area contributed by atoms with Crippen LogP contribution in [0, 0.1) is 0 Å². The molecule has 5 nitrogen and oxygen atoms in total. The lowest BCUT2D eigenvalue weighted by molar-refractivity contribution is -0.117. The third kappa shape index (κ3) is 3.63. The molecule has 1 aliphatic heterocycles. The van der Waals surface area contributed by atoms with E-state index in [1.54, 1.807) is 25.3 Å². The van der Waals surface area contributed by atoms with Crippen molar-refractivity contribution in [2.24, 2.45) is 0 Å². The molecule has 0 unspecified atom stereocenters. The van der Waals surface area contributed by atoms with Gasteiger partial charge in [0.2, 0.25) is 5.91 Å². The van der Waals surface area contributed by atoms with Gasteiger partial charge in [-0.15, -0.1) is 0 Å². The first-order valence-corrected chi connectivity index (χ1v) is 7.68. The summed E-state index contributed by atoms with van der Waals surface area (Å²) in [6.07, 6.45) is 0.985. The summed E-state index contributed by atoms with van der Waals surface area (Å²) >= 11 is 0. The van der Waals surface area contributed by atoms with E-state index in [1.807, 2.05) is 6.07 Å². The minimum absolute atomic E-state index is 0.0334. The molecule has 1 heterocycles. The smallest absolute Gasteiger partial charge is 0.238 e. The molecule has 0 bridgehead atoms. The van der Waals surface area contributed by atoms with Crippen LogP contribution < -0.4 is 15.8 Å². The fraction of sp³-hybridized carbons (Fsp3) is 0.278. The quantitative estimate of drug-likeness (QED) is 0.850. The van der Waals surface area contributed by atoms with E-state index in [0.29, 0.717) is 23.7 Å². The molecule has 0 saturated carbocycles. The Bertz CT molecular complexity index is 715. The summed E-state index contributed by atoms with van der Waals surface area (Å²) in [5.74, 6) is 0.574. The number of methoxy groups -OCH3 is 1. The lowest BCUT2D eigenvalue weighted by Crippen LogP contribution is -2.37. The molecule has 0 aliphatic carbocycles. The molecule has 0 saturated heterocycles. The predicted octanol–water partition coefficient (Wildman–Crippen LogP) is 2.27. The Balaban J connectivity index is 1.59. The highest BCUT2D eigenvalue weighted by Crippen LogP contribution is 2.24. The molecule has 23 heavy (non-hydrogen) atoms. The maximum atomic E-state index is 12.2. The van der Waals surface area contributed by atoms with Gasteiger partial charge in [-0.2, -0.15) is 0 Å². The minimum Gasteiger partial charge on any atom is -0.495 e. The van der Waals surface area contributed by atoms with Crippen molar-refractivity contribution < 1.29 is 9.53 Å². The highest BCUT2D eigenvalue weighted by molar-refractivity contribution is 5.93. The number of nitrogen functional groups attached to an aromatic ring is 1. The van der Waals surface area contributed by atoms with Gasteiger partial charge in [0.25, 0.3) is 0 Å². The number of nitrogens with zero attached hydrogens (tertiary/aromatic N) is 1. The number of amides is 1. The van der Waals surface area contributed by atoms with Gasteiger partial charge >= 0.3 is 0 Å². The number of hydrogen-bond donors (Lipinski definition) is 2. The molecule has 3 N–H and O–H groups in total. The first kappa shape index (κ1) is 15.4. The largest absolute Gasteiger partial charge is 0.495 e. The second-order valence-corrected chi connectivity index (χ2v) is 5.73. The van der Waals surface area contributed by atoms with Crippen LogP contribution in [-0.2, 0) is 17.8 Å². The molecule has 2 aromatic carbocycles. The fourth-order valence-electron chi connectivity index (χ4n) is 2.90. The molecule has 120 valence electrons. The van der Waals surface area contributed by atoms with E-state index in [9.17, 15) is 4.79 Å². The number of hydrogen-bond acceptors (Lipinski definition) is 4. The molecule has 0 fully saturated rings. The molecule has 2 aromatic rings. The van der Waals surface area contributed by atoms with E-state index in [0.717, 1.165) is 19.5 Å². The number of nitrogens with two attached hydrogens (primary N) is 1. The zero-order valence-electron chi connectivity index (χ0n) is 13.2. The third-order valence-corrected chi connectivity index (χ3v) is 4.09. The Labute approximate surface area is 136 Å². The summed E-state index contributed by atoms with van der Waals surface area (Å²) in [4.78, 5) is 14.4. The Morgan fingerprint density at radius 3 is 2.78 bits per heavy atom. The second kappa shape index (κ2) is 6.71. The van der Waals surface area contributed by atoms with Gasteiger partial charge in [-0.3, -0.25) is 9.69 Å². The van der Waals surface area contributed by atoms with E-state index in [4.69, 9.17) is 10.5 Å². The molecule has 0 spiro atoms. The summed E-state index contributed by atoms with van der Waals surface area (Å²) in [6.45, 7) is 2.09. The van der Waals surface area contributed by atoms with Crippen LogP contribution in [0.4, 0.5) is 11.4 Å². The lowest BCUT2D eigenvalue weighted by Gasteiger charge is -2.28. The zero-order chi connectivity index (χ0) is 16.2. The van der Waals surface area contributed by atoms with E-state index in [1.165, 1.54) is 11.1 Å². The maximum Gasteiger partial charge on any atom is 0.238 e. The van der Waals surface area contributed by atoms with Gasteiger partial charge in [0.05, 0.1) is 19.3 Å². The van der Waals surface area contributed by atoms with Crippen molar-refractivity contribution in [3.63, 3.8) is 0 Å². The molecule has 1 aliphatic rings. The van der Waals surface area contributed by atoms with E-state index < -0.39 is 0 Å². The first-order valence-electron chi connectivity index (χ1n) is 7.68. The van der Waals surface area contributed by atoms with Crippen molar-refractivity contribution in [2.75, 3.05) is 31.2 Å². The Kier molecular flexibility index (Phi) is 4.48. The lowest BCUT2D eigenvalue weighted by atomic mass is 10.00. The molecule has 3 rings (SSSR count). The average Bonchev–Trinajstić information content (AvgIpc) is 2.55. The Hall–Kier alpha value is -2.53. The Morgan fingerprint density at radius 2 is 2.04 bits per heavy atom. The number of benzene rings is 2. The van der Waals surface area contributed by atoms with Crippen LogP contribution >= 0.6 is 0 Å². The molecule has 1 amide bonds. The van der Waals surface area contributed by atoms with Crippen molar-refractivity contribution in [2.45, 2.75) is 13.0 Å². The standard InChI is InChI=1S/C18H21N3O2/c1-23-17-7-6-15(10-16(17)19)20-18(22)12-21-9-8-13-4-2-3-5-14(13)11-21/h2-7,10H,8-9,11-12,19H2,1H3,(H,20,22). The maximum absolute atomic E-state index is 12.2. The fourth-order valence-corrected chi connectivity index (χ4v) is 2.90. The van der Waals surface area contributed by atoms with Gasteiger partial charge in [0, 0.05) is 18.8 Å². The summed E-state index contributed by atoms with van der Waals surface area (Å²) < 4.78 is 5.11. The van der Waals surface area contributed by atoms with Crippen LogP contribution in [0.25, 0.3) is 0 Å². The highest BCUT2D eigenvalue weighted by atomic mass is 16.5. The summed E-state index contributed by atoms with van der Waals surface area (Å²) in [6, 6.07) is 13.6. The number of rotatable bonds is 4. The normalized spacial score (nSPS) is 14.1. The van der Waals surface area contributed by atoms with Crippen molar-refractivity contribution in [3.8, 4) is 5.75 Å². The van der Waals surface area contributed by atoms with Gasteiger partial charge < -0.3 is 15.8 Å². The van der Waals surface area contributed by atoms with E-state index >= 15 is 0 Å². The van der Waals surface area contributed by atoms with Crippen LogP contribution in [0.1, 0.15) is 11.1 Å². The summed E-state index contributed by atoms with van der Waals surface area (Å²) in [5.41, 5.74) is 9.74. The first-order chi connectivity index (χ1) is 11.2. The molecule has 0 radical (unpaired) electrons. The number of nitrogens with one attached hydrogen (secondary N) is 1. The predicted molar refractivity (Wildman–Crippen MR) is 91.5 cm³/mol. The number of fused-ring (bicyclic) bond motifs is 1. The van der Waals surface area contributed by atoms with Crippen LogP contribution in [0.15, 0.2) is 42.5 Å². The monoisotopic (exact) mass is 311 g/mol. The number of carbonyl (C=O) groups excluding carboxylic acids is 1. The highest BCUT2D eigenvalue weighted by Gasteiger charge is 2.18. The summed E-state index contributed by atoms with van der Waals surface area (Å²) in [7, 11) is 1.57. The number of carbonyl (C=O) groups is 1. The van der Waals surface area contributed by atoms with Crippen molar-refractivity contribution in [1.82, 2.24) is 4.90 Å². The SMILES string of the molecule is COc1ccc(NC(=O)CN2CCc3ccccc3C2)cc1N. The third-order valence-electron chi connectivity index (χ3n) is 4.09. The number of ether oxygens (including phenoxy) is 1. The van der Waals surface area contributed by atoms with Crippen LogP contribution in [-0.4, -0.2) is 31.0 Å². The van der Waals surface area contributed by atoms with E-state index in [-0.39, 0.29) is 5.91 Å². The molecular formula is C18H21N3O2. The molecule has 0 aromatic heterocycles. The molecule has 5 heteroatoms.